The second-order valence-electron chi connectivity index (χ2n) is 7.01. The summed E-state index contributed by atoms with van der Waals surface area (Å²) in [7, 11) is 0. The van der Waals surface area contributed by atoms with Crippen LogP contribution in [0.3, 0.4) is 0 Å². The van der Waals surface area contributed by atoms with Gasteiger partial charge in [-0.1, -0.05) is 87.5 Å². The van der Waals surface area contributed by atoms with Gasteiger partial charge in [-0.25, -0.2) is 0 Å². The fourth-order valence-electron chi connectivity index (χ4n) is 4.26. The first-order valence-electron chi connectivity index (χ1n) is 8.30. The summed E-state index contributed by atoms with van der Waals surface area (Å²) in [5, 5.41) is 0. The van der Waals surface area contributed by atoms with E-state index >= 15 is 0 Å². The Balaban J connectivity index is 5.60. The highest BCUT2D eigenvalue weighted by atomic mass is 14.6. The van der Waals surface area contributed by atoms with E-state index in [9.17, 15) is 0 Å². The fourth-order valence-corrected chi connectivity index (χ4v) is 4.26. The van der Waals surface area contributed by atoms with Crippen molar-refractivity contribution in [1.29, 1.82) is 0 Å². The minimum atomic E-state index is 0.461. The molecule has 18 heavy (non-hydrogen) atoms. The van der Waals surface area contributed by atoms with Gasteiger partial charge in [0.05, 0.1) is 0 Å². The summed E-state index contributed by atoms with van der Waals surface area (Å²) in [4.78, 5) is 0. The molecule has 0 spiro atoms. The van der Waals surface area contributed by atoms with Crippen molar-refractivity contribution in [1.82, 2.24) is 0 Å². The van der Waals surface area contributed by atoms with Crippen molar-refractivity contribution in [3.8, 4) is 0 Å². The first-order valence-corrected chi connectivity index (χ1v) is 8.30. The van der Waals surface area contributed by atoms with Crippen LogP contribution in [0.2, 0.25) is 0 Å². The normalized spacial score (nSPS) is 19.3. The van der Waals surface area contributed by atoms with E-state index in [4.69, 9.17) is 0 Å². The third-order valence-corrected chi connectivity index (χ3v) is 6.56. The molecule has 0 amide bonds. The minimum Gasteiger partial charge on any atom is -0.0654 e. The fraction of sp³-hybridized carbons (Fsp3) is 1.00. The van der Waals surface area contributed by atoms with Gasteiger partial charge in [0.15, 0.2) is 0 Å². The van der Waals surface area contributed by atoms with Gasteiger partial charge in [-0.05, 0) is 29.1 Å². The molecule has 0 aliphatic heterocycles. The molecule has 2 atom stereocenters. The lowest BCUT2D eigenvalue weighted by Gasteiger charge is -2.57. The van der Waals surface area contributed by atoms with Crippen molar-refractivity contribution in [3.05, 3.63) is 0 Å². The van der Waals surface area contributed by atoms with Crippen LogP contribution in [0.4, 0.5) is 0 Å². The van der Waals surface area contributed by atoms with Gasteiger partial charge in [-0.15, -0.1) is 0 Å². The van der Waals surface area contributed by atoms with Gasteiger partial charge in [0.1, 0.15) is 0 Å². The van der Waals surface area contributed by atoms with Crippen LogP contribution >= 0.6 is 0 Å². The highest BCUT2D eigenvalue weighted by Gasteiger charge is 2.51. The lowest BCUT2D eigenvalue weighted by Crippen LogP contribution is -2.49. The average molecular weight is 255 g/mol. The van der Waals surface area contributed by atoms with Gasteiger partial charge < -0.3 is 0 Å². The molecule has 0 aliphatic rings. The third kappa shape index (κ3) is 2.94. The molecule has 0 aromatic rings. The zero-order valence-corrected chi connectivity index (χ0v) is 14.4. The molecule has 2 unspecified atom stereocenters. The molecule has 0 radical (unpaired) electrons. The molecule has 0 aromatic carbocycles. The maximum atomic E-state index is 2.59. The second kappa shape index (κ2) is 6.96. The van der Waals surface area contributed by atoms with Crippen LogP contribution in [0, 0.1) is 16.2 Å². The number of hydrogen-bond acceptors (Lipinski definition) is 0. The Morgan fingerprint density at radius 1 is 0.556 bits per heavy atom. The molecule has 0 bridgehead atoms. The molecule has 0 fully saturated rings. The molecule has 0 N–H and O–H groups in total. The van der Waals surface area contributed by atoms with Crippen molar-refractivity contribution in [2.24, 2.45) is 16.2 Å². The first-order chi connectivity index (χ1) is 8.30. The van der Waals surface area contributed by atoms with E-state index in [0.29, 0.717) is 16.2 Å². The van der Waals surface area contributed by atoms with Crippen LogP contribution in [0.15, 0.2) is 0 Å². The summed E-state index contributed by atoms with van der Waals surface area (Å²) in [5.74, 6) is 0. The van der Waals surface area contributed by atoms with Crippen LogP contribution in [0.1, 0.15) is 100 Å². The Bertz CT molecular complexity index is 226. The molecule has 0 saturated carbocycles. The molecule has 0 heterocycles. The van der Waals surface area contributed by atoms with E-state index in [-0.39, 0.29) is 0 Å². The Labute approximate surface area is 117 Å². The molecular weight excluding hydrogens is 216 g/mol. The summed E-state index contributed by atoms with van der Waals surface area (Å²) < 4.78 is 0. The van der Waals surface area contributed by atoms with Crippen LogP contribution in [-0.4, -0.2) is 0 Å². The summed E-state index contributed by atoms with van der Waals surface area (Å²) in [6.07, 6.45) is 9.29. The van der Waals surface area contributed by atoms with E-state index in [0.717, 1.165) is 0 Å². The van der Waals surface area contributed by atoms with Gasteiger partial charge >= 0.3 is 0 Å². The maximum absolute atomic E-state index is 2.59. The smallest absolute Gasteiger partial charge is 0.0218 e. The Hall–Kier alpha value is 0. The maximum Gasteiger partial charge on any atom is -0.0218 e. The molecule has 0 nitrogen and oxygen atoms in total. The second-order valence-corrected chi connectivity index (χ2v) is 7.01. The SMILES string of the molecule is CCCC(C)(CC)C(C)(CCC)C(C)(CC)CC. The molecule has 0 rings (SSSR count). The van der Waals surface area contributed by atoms with Crippen molar-refractivity contribution >= 4 is 0 Å². The number of rotatable bonds is 9. The van der Waals surface area contributed by atoms with E-state index in [1.807, 2.05) is 0 Å². The van der Waals surface area contributed by atoms with Gasteiger partial charge in [-0.3, -0.25) is 0 Å². The summed E-state index contributed by atoms with van der Waals surface area (Å²) >= 11 is 0. The van der Waals surface area contributed by atoms with E-state index < -0.39 is 0 Å². The molecule has 110 valence electrons. The predicted molar refractivity (Wildman–Crippen MR) is 85.0 cm³/mol. The van der Waals surface area contributed by atoms with Crippen molar-refractivity contribution < 1.29 is 0 Å². The van der Waals surface area contributed by atoms with Gasteiger partial charge in [-0.2, -0.15) is 0 Å². The molecule has 0 aliphatic carbocycles. The van der Waals surface area contributed by atoms with E-state index in [1.54, 1.807) is 0 Å². The molecule has 0 aromatic heterocycles. The third-order valence-electron chi connectivity index (χ3n) is 6.56. The highest BCUT2D eigenvalue weighted by Crippen LogP contribution is 2.60. The monoisotopic (exact) mass is 254 g/mol. The topological polar surface area (TPSA) is 0 Å². The summed E-state index contributed by atoms with van der Waals surface area (Å²) in [6.45, 7) is 19.5. The van der Waals surface area contributed by atoms with Crippen LogP contribution in [0.5, 0.6) is 0 Å². The quantitative estimate of drug-likeness (QED) is 0.423. The number of hydrogen-bond donors (Lipinski definition) is 0. The Kier molecular flexibility index (Phi) is 6.96. The lowest BCUT2D eigenvalue weighted by molar-refractivity contribution is -0.0785. The zero-order chi connectivity index (χ0) is 14.4. The Morgan fingerprint density at radius 2 is 0.944 bits per heavy atom. The van der Waals surface area contributed by atoms with Gasteiger partial charge in [0.2, 0.25) is 0 Å². The lowest BCUT2D eigenvalue weighted by atomic mass is 9.47. The van der Waals surface area contributed by atoms with Crippen LogP contribution < -0.4 is 0 Å². The summed E-state index contributed by atoms with van der Waals surface area (Å²) in [5.41, 5.74) is 1.42. The molecular formula is C18H38. The van der Waals surface area contributed by atoms with Crippen LogP contribution in [0.25, 0.3) is 0 Å². The average Bonchev–Trinajstić information content (AvgIpc) is 2.37. The first kappa shape index (κ1) is 18.0. The minimum absolute atomic E-state index is 0.461. The standard InChI is InChI=1S/C18H38/c1-9-14-17(7,13-5)18(8,15-10-2)16(6,11-3)12-4/h9-15H2,1-8H3. The largest absolute Gasteiger partial charge is 0.0654 e. The zero-order valence-electron chi connectivity index (χ0n) is 14.4. The van der Waals surface area contributed by atoms with Crippen LogP contribution in [-0.2, 0) is 0 Å². The van der Waals surface area contributed by atoms with E-state index in [1.165, 1.54) is 44.9 Å². The van der Waals surface area contributed by atoms with Crippen molar-refractivity contribution in [2.75, 3.05) is 0 Å². The Morgan fingerprint density at radius 3 is 1.22 bits per heavy atom. The van der Waals surface area contributed by atoms with Gasteiger partial charge in [0.25, 0.3) is 0 Å². The highest BCUT2D eigenvalue weighted by molar-refractivity contribution is 5.01. The predicted octanol–water partition coefficient (Wildman–Crippen LogP) is 6.84. The molecule has 0 heteroatoms. The van der Waals surface area contributed by atoms with Gasteiger partial charge in [0, 0.05) is 0 Å². The van der Waals surface area contributed by atoms with Crippen molar-refractivity contribution in [3.63, 3.8) is 0 Å². The van der Waals surface area contributed by atoms with E-state index in [2.05, 4.69) is 55.4 Å². The summed E-state index contributed by atoms with van der Waals surface area (Å²) in [6, 6.07) is 0. The molecule has 0 saturated heterocycles. The van der Waals surface area contributed by atoms with Crippen molar-refractivity contribution in [2.45, 2.75) is 100 Å².